The first-order chi connectivity index (χ1) is 9.06. The molecule has 0 amide bonds. The predicted octanol–water partition coefficient (Wildman–Crippen LogP) is 3.84. The third kappa shape index (κ3) is 3.85. The van der Waals surface area contributed by atoms with E-state index in [-0.39, 0.29) is 18.0 Å². The van der Waals surface area contributed by atoms with E-state index in [0.29, 0.717) is 6.42 Å². The first kappa shape index (κ1) is 14.2. The van der Waals surface area contributed by atoms with Gasteiger partial charge < -0.3 is 5.73 Å². The Bertz CT molecular complexity index is 552. The molecule has 1 nitrogen and oxygen atoms in total. The summed E-state index contributed by atoms with van der Waals surface area (Å²) in [5.74, 6) is -1.07. The van der Waals surface area contributed by atoms with Crippen LogP contribution in [0.25, 0.3) is 0 Å². The van der Waals surface area contributed by atoms with Gasteiger partial charge in [-0.25, -0.2) is 8.78 Å². The molecule has 2 rings (SSSR count). The minimum absolute atomic E-state index is 0.0602. The number of hydrogen-bond donors (Lipinski definition) is 1. The minimum Gasteiger partial charge on any atom is -0.327 e. The van der Waals surface area contributed by atoms with Crippen LogP contribution in [0.4, 0.5) is 8.78 Å². The normalized spacial score (nSPS) is 12.4. The van der Waals surface area contributed by atoms with Gasteiger partial charge in [-0.3, -0.25) is 0 Å². The van der Waals surface area contributed by atoms with E-state index in [1.807, 2.05) is 24.3 Å². The summed E-state index contributed by atoms with van der Waals surface area (Å²) in [5.41, 5.74) is 7.08. The summed E-state index contributed by atoms with van der Waals surface area (Å²) in [7, 11) is 0. The zero-order valence-electron chi connectivity index (χ0n) is 10.2. The second-order valence-electron chi connectivity index (χ2n) is 4.50. The van der Waals surface area contributed by atoms with Gasteiger partial charge in [0.25, 0.3) is 0 Å². The summed E-state index contributed by atoms with van der Waals surface area (Å²) in [4.78, 5) is 0. The molecule has 0 fully saturated rings. The standard InChI is InChI=1S/C15H14BrF2N/c16-11-4-1-3-10(7-11)8-12(19)9-13-14(17)5-2-6-15(13)18/h1-7,12H,8-9,19H2. The van der Waals surface area contributed by atoms with Gasteiger partial charge in [0.05, 0.1) is 0 Å². The molecule has 4 heteroatoms. The molecule has 2 N–H and O–H groups in total. The van der Waals surface area contributed by atoms with E-state index in [2.05, 4.69) is 15.9 Å². The summed E-state index contributed by atoms with van der Waals surface area (Å²) in [6.45, 7) is 0. The van der Waals surface area contributed by atoms with Crippen LogP contribution >= 0.6 is 15.9 Å². The molecule has 0 aromatic heterocycles. The zero-order chi connectivity index (χ0) is 13.8. The van der Waals surface area contributed by atoms with Crippen molar-refractivity contribution in [1.29, 1.82) is 0 Å². The maximum absolute atomic E-state index is 13.5. The second-order valence-corrected chi connectivity index (χ2v) is 5.41. The Hall–Kier alpha value is -1.26. The number of rotatable bonds is 4. The Morgan fingerprint density at radius 1 is 1.00 bits per heavy atom. The second kappa shape index (κ2) is 6.26. The SMILES string of the molecule is NC(Cc1cccc(Br)c1)Cc1c(F)cccc1F. The van der Waals surface area contributed by atoms with E-state index >= 15 is 0 Å². The van der Waals surface area contributed by atoms with Crippen LogP contribution in [0.3, 0.4) is 0 Å². The van der Waals surface area contributed by atoms with Gasteiger partial charge in [-0.2, -0.15) is 0 Å². The van der Waals surface area contributed by atoms with Crippen molar-refractivity contribution in [3.63, 3.8) is 0 Å². The average Bonchev–Trinajstić information content (AvgIpc) is 2.34. The van der Waals surface area contributed by atoms with Crippen LogP contribution < -0.4 is 5.73 Å². The van der Waals surface area contributed by atoms with Crippen LogP contribution in [0.5, 0.6) is 0 Å². The lowest BCUT2D eigenvalue weighted by Crippen LogP contribution is -2.26. The lowest BCUT2D eigenvalue weighted by Gasteiger charge is -2.13. The van der Waals surface area contributed by atoms with Crippen LogP contribution in [0.15, 0.2) is 46.9 Å². The molecular formula is C15H14BrF2N. The third-order valence-electron chi connectivity index (χ3n) is 2.91. The fraction of sp³-hybridized carbons (Fsp3) is 0.200. The van der Waals surface area contributed by atoms with Gasteiger partial charge in [-0.05, 0) is 42.7 Å². The van der Waals surface area contributed by atoms with Crippen molar-refractivity contribution in [1.82, 2.24) is 0 Å². The summed E-state index contributed by atoms with van der Waals surface area (Å²) < 4.78 is 28.0. The van der Waals surface area contributed by atoms with Crippen molar-refractivity contribution in [3.05, 3.63) is 69.7 Å². The van der Waals surface area contributed by atoms with Gasteiger partial charge in [0.1, 0.15) is 11.6 Å². The van der Waals surface area contributed by atoms with Crippen LogP contribution in [0.2, 0.25) is 0 Å². The smallest absolute Gasteiger partial charge is 0.129 e. The van der Waals surface area contributed by atoms with Gasteiger partial charge in [-0.1, -0.05) is 34.1 Å². The number of hydrogen-bond acceptors (Lipinski definition) is 1. The first-order valence-electron chi connectivity index (χ1n) is 5.99. The Kier molecular flexibility index (Phi) is 4.66. The lowest BCUT2D eigenvalue weighted by molar-refractivity contribution is 0.533. The summed E-state index contributed by atoms with van der Waals surface area (Å²) in [6, 6.07) is 11.3. The van der Waals surface area contributed by atoms with Crippen molar-refractivity contribution < 1.29 is 8.78 Å². The predicted molar refractivity (Wildman–Crippen MR) is 75.9 cm³/mol. The zero-order valence-corrected chi connectivity index (χ0v) is 11.8. The van der Waals surface area contributed by atoms with Crippen molar-refractivity contribution in [3.8, 4) is 0 Å². The largest absolute Gasteiger partial charge is 0.327 e. The van der Waals surface area contributed by atoms with Crippen molar-refractivity contribution >= 4 is 15.9 Å². The maximum atomic E-state index is 13.5. The molecule has 0 spiro atoms. The highest BCUT2D eigenvalue weighted by atomic mass is 79.9. The molecule has 1 unspecified atom stereocenters. The summed E-state index contributed by atoms with van der Waals surface area (Å²) in [6.07, 6.45) is 0.762. The van der Waals surface area contributed by atoms with Gasteiger partial charge in [0.2, 0.25) is 0 Å². The highest BCUT2D eigenvalue weighted by Crippen LogP contribution is 2.17. The van der Waals surface area contributed by atoms with Crippen LogP contribution in [-0.4, -0.2) is 6.04 Å². The van der Waals surface area contributed by atoms with Gasteiger partial charge in [0, 0.05) is 16.1 Å². The number of nitrogens with two attached hydrogens (primary N) is 1. The molecule has 0 saturated carbocycles. The average molecular weight is 326 g/mol. The van der Waals surface area contributed by atoms with Gasteiger partial charge in [-0.15, -0.1) is 0 Å². The van der Waals surface area contributed by atoms with Crippen LogP contribution in [0, 0.1) is 11.6 Å². The Balaban J connectivity index is 2.07. The van der Waals surface area contributed by atoms with E-state index < -0.39 is 11.6 Å². The number of benzene rings is 2. The molecule has 1 atom stereocenters. The molecule has 2 aromatic rings. The molecule has 0 aliphatic heterocycles. The Morgan fingerprint density at radius 2 is 1.63 bits per heavy atom. The lowest BCUT2D eigenvalue weighted by atomic mass is 9.99. The molecule has 0 heterocycles. The van der Waals surface area contributed by atoms with Crippen LogP contribution in [-0.2, 0) is 12.8 Å². The van der Waals surface area contributed by atoms with Gasteiger partial charge >= 0.3 is 0 Å². The molecular weight excluding hydrogens is 312 g/mol. The van der Waals surface area contributed by atoms with Crippen molar-refractivity contribution in [2.45, 2.75) is 18.9 Å². The highest BCUT2D eigenvalue weighted by molar-refractivity contribution is 9.10. The maximum Gasteiger partial charge on any atom is 0.129 e. The fourth-order valence-corrected chi connectivity index (χ4v) is 2.48. The quantitative estimate of drug-likeness (QED) is 0.908. The van der Waals surface area contributed by atoms with E-state index in [1.54, 1.807) is 0 Å². The molecule has 0 aliphatic rings. The number of halogens is 3. The van der Waals surface area contributed by atoms with Crippen LogP contribution in [0.1, 0.15) is 11.1 Å². The minimum atomic E-state index is -0.537. The molecule has 0 saturated heterocycles. The molecule has 0 aliphatic carbocycles. The van der Waals surface area contributed by atoms with Crippen molar-refractivity contribution in [2.24, 2.45) is 5.73 Å². The van der Waals surface area contributed by atoms with Crippen molar-refractivity contribution in [2.75, 3.05) is 0 Å². The summed E-state index contributed by atoms with van der Waals surface area (Å²) in [5, 5.41) is 0. The summed E-state index contributed by atoms with van der Waals surface area (Å²) >= 11 is 3.38. The van der Waals surface area contributed by atoms with E-state index in [4.69, 9.17) is 5.73 Å². The third-order valence-corrected chi connectivity index (χ3v) is 3.41. The van der Waals surface area contributed by atoms with E-state index in [0.717, 1.165) is 10.0 Å². The highest BCUT2D eigenvalue weighted by Gasteiger charge is 2.13. The molecule has 19 heavy (non-hydrogen) atoms. The Morgan fingerprint density at radius 3 is 2.26 bits per heavy atom. The molecule has 100 valence electrons. The monoisotopic (exact) mass is 325 g/mol. The molecule has 2 aromatic carbocycles. The molecule has 0 radical (unpaired) electrons. The van der Waals surface area contributed by atoms with Gasteiger partial charge in [0.15, 0.2) is 0 Å². The topological polar surface area (TPSA) is 26.0 Å². The first-order valence-corrected chi connectivity index (χ1v) is 6.78. The van der Waals surface area contributed by atoms with E-state index in [9.17, 15) is 8.78 Å². The Labute approximate surface area is 119 Å². The van der Waals surface area contributed by atoms with E-state index in [1.165, 1.54) is 18.2 Å². The molecule has 0 bridgehead atoms. The fourth-order valence-electron chi connectivity index (χ4n) is 2.03.